The number of amides is 4. The molecule has 1 aliphatic heterocycles. The third kappa shape index (κ3) is 4.48. The van der Waals surface area contributed by atoms with Gasteiger partial charge in [0.05, 0.1) is 13.1 Å². The molecule has 136 valence electrons. The Kier molecular flexibility index (Phi) is 6.35. The monoisotopic (exact) mass is 348 g/mol. The molecule has 1 aliphatic rings. The van der Waals surface area contributed by atoms with E-state index >= 15 is 0 Å². The fourth-order valence-corrected chi connectivity index (χ4v) is 2.73. The van der Waals surface area contributed by atoms with Crippen LogP contribution in [0.2, 0.25) is 0 Å². The number of methoxy groups -OCH3 is 1. The minimum atomic E-state index is -0.402. The van der Waals surface area contributed by atoms with Gasteiger partial charge in [0.2, 0.25) is 11.8 Å². The maximum Gasteiger partial charge on any atom is 0.317 e. The smallest absolute Gasteiger partial charge is 0.317 e. The summed E-state index contributed by atoms with van der Waals surface area (Å²) >= 11 is 0. The van der Waals surface area contributed by atoms with Gasteiger partial charge in [-0.2, -0.15) is 0 Å². The number of nitrogens with one attached hydrogen (secondary N) is 2. The van der Waals surface area contributed by atoms with Crippen LogP contribution in [-0.2, 0) is 14.3 Å². The van der Waals surface area contributed by atoms with E-state index in [1.807, 2.05) is 24.3 Å². The van der Waals surface area contributed by atoms with Gasteiger partial charge in [-0.3, -0.25) is 9.59 Å². The Hall–Kier alpha value is -2.61. The molecule has 2 rings (SSSR count). The zero-order valence-electron chi connectivity index (χ0n) is 14.7. The van der Waals surface area contributed by atoms with Crippen molar-refractivity contribution in [3.8, 4) is 0 Å². The van der Waals surface area contributed by atoms with E-state index in [0.717, 1.165) is 11.3 Å². The molecular weight excluding hydrogens is 324 g/mol. The number of anilines is 1. The van der Waals surface area contributed by atoms with Gasteiger partial charge in [0.15, 0.2) is 0 Å². The number of hydrogen-bond acceptors (Lipinski definition) is 4. The minimum Gasteiger partial charge on any atom is -0.375 e. The predicted octanol–water partition coefficient (Wildman–Crippen LogP) is 0.498. The van der Waals surface area contributed by atoms with Crippen molar-refractivity contribution in [1.29, 1.82) is 0 Å². The zero-order valence-corrected chi connectivity index (χ0v) is 14.7. The lowest BCUT2D eigenvalue weighted by atomic mass is 10.1. The molecule has 0 fully saturated rings. The van der Waals surface area contributed by atoms with E-state index in [0.29, 0.717) is 0 Å². The Morgan fingerprint density at radius 2 is 2.04 bits per heavy atom. The molecule has 0 saturated heterocycles. The SMILES string of the molecule is CNC(=O)CNC(=O)N1CCC(=O)N(C)c2ccccc2C(OC)C1. The van der Waals surface area contributed by atoms with E-state index < -0.39 is 6.03 Å². The van der Waals surface area contributed by atoms with Gasteiger partial charge < -0.3 is 25.2 Å². The summed E-state index contributed by atoms with van der Waals surface area (Å²) in [5, 5.41) is 5.00. The van der Waals surface area contributed by atoms with Crippen molar-refractivity contribution in [3.63, 3.8) is 0 Å². The van der Waals surface area contributed by atoms with Crippen molar-refractivity contribution in [2.75, 3.05) is 45.7 Å². The number of carbonyl (C=O) groups excluding carboxylic acids is 3. The van der Waals surface area contributed by atoms with Crippen LogP contribution in [0.15, 0.2) is 24.3 Å². The zero-order chi connectivity index (χ0) is 18.4. The van der Waals surface area contributed by atoms with E-state index in [9.17, 15) is 14.4 Å². The normalized spacial score (nSPS) is 17.9. The molecule has 2 N–H and O–H groups in total. The molecule has 0 bridgehead atoms. The van der Waals surface area contributed by atoms with Gasteiger partial charge in [0.25, 0.3) is 0 Å². The van der Waals surface area contributed by atoms with Gasteiger partial charge in [-0.25, -0.2) is 4.79 Å². The minimum absolute atomic E-state index is 0.0895. The van der Waals surface area contributed by atoms with Gasteiger partial charge in [-0.05, 0) is 6.07 Å². The van der Waals surface area contributed by atoms with Gasteiger partial charge in [0, 0.05) is 45.4 Å². The Morgan fingerprint density at radius 3 is 2.72 bits per heavy atom. The van der Waals surface area contributed by atoms with E-state index in [2.05, 4.69) is 10.6 Å². The van der Waals surface area contributed by atoms with Gasteiger partial charge >= 0.3 is 6.03 Å². The predicted molar refractivity (Wildman–Crippen MR) is 93.3 cm³/mol. The number of ether oxygens (including phenoxy) is 1. The summed E-state index contributed by atoms with van der Waals surface area (Å²) in [5.74, 6) is -0.379. The second-order valence-electron chi connectivity index (χ2n) is 5.76. The number of urea groups is 1. The van der Waals surface area contributed by atoms with Crippen LogP contribution in [0.25, 0.3) is 0 Å². The summed E-state index contributed by atoms with van der Waals surface area (Å²) in [6, 6.07) is 7.08. The summed E-state index contributed by atoms with van der Waals surface area (Å²) in [6.07, 6.45) is -0.190. The molecular formula is C17H24N4O4. The lowest BCUT2D eigenvalue weighted by molar-refractivity contribution is -0.120. The fraction of sp³-hybridized carbons (Fsp3) is 0.471. The number of likely N-dealkylation sites (N-methyl/N-ethyl adjacent to an activating group) is 1. The van der Waals surface area contributed by atoms with Crippen molar-refractivity contribution in [2.45, 2.75) is 12.5 Å². The van der Waals surface area contributed by atoms with Crippen LogP contribution in [0.1, 0.15) is 18.1 Å². The molecule has 1 aromatic rings. The molecule has 4 amide bonds. The summed E-state index contributed by atoms with van der Waals surface area (Å²) in [7, 11) is 4.79. The third-order valence-electron chi connectivity index (χ3n) is 4.25. The van der Waals surface area contributed by atoms with E-state index in [1.165, 1.54) is 11.9 Å². The van der Waals surface area contributed by atoms with Crippen LogP contribution in [0, 0.1) is 0 Å². The summed E-state index contributed by atoms with van der Waals surface area (Å²) in [4.78, 5) is 39.3. The number of benzene rings is 1. The Bertz CT molecular complexity index is 649. The lowest BCUT2D eigenvalue weighted by Crippen LogP contribution is -2.46. The van der Waals surface area contributed by atoms with E-state index in [4.69, 9.17) is 4.74 Å². The highest BCUT2D eigenvalue weighted by Crippen LogP contribution is 2.30. The topological polar surface area (TPSA) is 91.0 Å². The maximum atomic E-state index is 12.4. The highest BCUT2D eigenvalue weighted by molar-refractivity contribution is 5.94. The molecule has 0 saturated carbocycles. The first-order chi connectivity index (χ1) is 12.0. The van der Waals surface area contributed by atoms with Crippen LogP contribution in [0.5, 0.6) is 0 Å². The first kappa shape index (κ1) is 18.7. The number of rotatable bonds is 3. The van der Waals surface area contributed by atoms with Crippen LogP contribution in [-0.4, -0.2) is 63.6 Å². The van der Waals surface area contributed by atoms with E-state index in [-0.39, 0.29) is 44.0 Å². The summed E-state index contributed by atoms with van der Waals surface area (Å²) < 4.78 is 5.58. The van der Waals surface area contributed by atoms with Crippen LogP contribution in [0.4, 0.5) is 10.5 Å². The molecule has 1 aromatic carbocycles. The Morgan fingerprint density at radius 1 is 1.32 bits per heavy atom. The van der Waals surface area contributed by atoms with Crippen molar-refractivity contribution >= 4 is 23.5 Å². The van der Waals surface area contributed by atoms with Crippen molar-refractivity contribution in [3.05, 3.63) is 29.8 Å². The third-order valence-corrected chi connectivity index (χ3v) is 4.25. The standard InChI is InChI=1S/C17H24N4O4/c1-18-15(22)10-19-17(24)21-9-8-16(23)20(2)13-7-5-4-6-12(13)14(11-21)25-3/h4-7,14H,8-11H2,1-3H3,(H,18,22)(H,19,24). The molecule has 8 heteroatoms. The lowest BCUT2D eigenvalue weighted by Gasteiger charge is -2.27. The van der Waals surface area contributed by atoms with Gasteiger partial charge in [-0.1, -0.05) is 18.2 Å². The molecule has 1 atom stereocenters. The average Bonchev–Trinajstić information content (AvgIpc) is 2.69. The van der Waals surface area contributed by atoms with Crippen LogP contribution in [0.3, 0.4) is 0 Å². The number of nitrogens with zero attached hydrogens (tertiary/aromatic N) is 2. The Labute approximate surface area is 147 Å². The molecule has 0 aromatic heterocycles. The van der Waals surface area contributed by atoms with Gasteiger partial charge in [0.1, 0.15) is 6.10 Å². The van der Waals surface area contributed by atoms with Crippen molar-refractivity contribution in [1.82, 2.24) is 15.5 Å². The Balaban J connectivity index is 2.25. The maximum absolute atomic E-state index is 12.4. The molecule has 0 spiro atoms. The van der Waals surface area contributed by atoms with E-state index in [1.54, 1.807) is 19.1 Å². The second-order valence-corrected chi connectivity index (χ2v) is 5.76. The molecule has 1 heterocycles. The molecule has 1 unspecified atom stereocenters. The quantitative estimate of drug-likeness (QED) is 0.832. The molecule has 0 radical (unpaired) electrons. The van der Waals surface area contributed by atoms with Crippen LogP contribution < -0.4 is 15.5 Å². The summed E-state index contributed by atoms with van der Waals surface area (Å²) in [5.41, 5.74) is 1.61. The molecule has 8 nitrogen and oxygen atoms in total. The van der Waals surface area contributed by atoms with Crippen molar-refractivity contribution in [2.24, 2.45) is 0 Å². The van der Waals surface area contributed by atoms with Crippen LogP contribution >= 0.6 is 0 Å². The molecule has 25 heavy (non-hydrogen) atoms. The largest absolute Gasteiger partial charge is 0.375 e. The highest BCUT2D eigenvalue weighted by Gasteiger charge is 2.27. The number of para-hydroxylation sites is 1. The second kappa shape index (κ2) is 8.48. The number of fused-ring (bicyclic) bond motifs is 1. The number of hydrogen-bond donors (Lipinski definition) is 2. The average molecular weight is 348 g/mol. The van der Waals surface area contributed by atoms with Crippen molar-refractivity contribution < 1.29 is 19.1 Å². The molecule has 0 aliphatic carbocycles. The first-order valence-electron chi connectivity index (χ1n) is 8.09. The van der Waals surface area contributed by atoms with Gasteiger partial charge in [-0.15, -0.1) is 0 Å². The highest BCUT2D eigenvalue weighted by atomic mass is 16.5. The fourth-order valence-electron chi connectivity index (χ4n) is 2.73. The number of carbonyl (C=O) groups is 3. The summed E-state index contributed by atoms with van der Waals surface area (Å²) in [6.45, 7) is 0.415. The first-order valence-corrected chi connectivity index (χ1v) is 8.09.